The summed E-state index contributed by atoms with van der Waals surface area (Å²) in [5.41, 5.74) is -7.76. The molecule has 0 radical (unpaired) electrons. The van der Waals surface area contributed by atoms with Gasteiger partial charge in [-0.2, -0.15) is 26.7 Å². The fourth-order valence-corrected chi connectivity index (χ4v) is 3.41. The highest BCUT2D eigenvalue weighted by Gasteiger charge is 2.49. The minimum atomic E-state index is -5.91. The molecule has 2 aromatic heterocycles. The van der Waals surface area contributed by atoms with E-state index in [0.717, 1.165) is 30.5 Å². The van der Waals surface area contributed by atoms with Crippen LogP contribution in [0.3, 0.4) is 0 Å². The van der Waals surface area contributed by atoms with Crippen molar-refractivity contribution in [1.29, 1.82) is 0 Å². The van der Waals surface area contributed by atoms with Crippen molar-refractivity contribution in [3.8, 4) is 5.88 Å². The lowest BCUT2D eigenvalue weighted by Gasteiger charge is -2.35. The van der Waals surface area contributed by atoms with Crippen LogP contribution in [-0.2, 0) is 22.3 Å². The lowest BCUT2D eigenvalue weighted by Crippen LogP contribution is -2.38. The summed E-state index contributed by atoms with van der Waals surface area (Å²) in [4.78, 5) is 7.28. The Labute approximate surface area is 178 Å². The summed E-state index contributed by atoms with van der Waals surface area (Å²) in [5.74, 6) is -3.74. The Kier molecular flexibility index (Phi) is 6.20. The van der Waals surface area contributed by atoms with E-state index in [9.17, 15) is 35.5 Å². The highest BCUT2D eigenvalue weighted by Crippen LogP contribution is 2.39. The smallest absolute Gasteiger partial charge is 0.382 e. The van der Waals surface area contributed by atoms with Crippen molar-refractivity contribution in [3.63, 3.8) is 0 Å². The summed E-state index contributed by atoms with van der Waals surface area (Å²) in [6.07, 6.45) is 3.41. The van der Waals surface area contributed by atoms with Crippen molar-refractivity contribution < 1.29 is 39.7 Å². The van der Waals surface area contributed by atoms with Gasteiger partial charge in [0.25, 0.3) is 0 Å². The van der Waals surface area contributed by atoms with Gasteiger partial charge in [0.1, 0.15) is 29.9 Å². The number of hydrogen-bond donors (Lipinski definition) is 1. The van der Waals surface area contributed by atoms with E-state index in [2.05, 4.69) is 19.2 Å². The predicted octanol–water partition coefficient (Wildman–Crippen LogP) is 2.87. The van der Waals surface area contributed by atoms with Gasteiger partial charge < -0.3 is 9.29 Å². The summed E-state index contributed by atoms with van der Waals surface area (Å²) < 4.78 is 92.7. The second-order valence-corrected chi connectivity index (χ2v) is 8.31. The molecule has 2 heterocycles. The Balaban J connectivity index is 1.97. The molecule has 0 aliphatic rings. The quantitative estimate of drug-likeness (QED) is 0.316. The molecule has 8 nitrogen and oxygen atoms in total. The Morgan fingerprint density at radius 3 is 2.44 bits per heavy atom. The van der Waals surface area contributed by atoms with Crippen LogP contribution in [0.4, 0.5) is 22.0 Å². The molecule has 2 unspecified atom stereocenters. The maximum absolute atomic E-state index is 14.6. The van der Waals surface area contributed by atoms with Crippen molar-refractivity contribution >= 4 is 10.1 Å². The summed E-state index contributed by atoms with van der Waals surface area (Å²) in [6, 6.07) is 4.61. The van der Waals surface area contributed by atoms with Gasteiger partial charge in [0.15, 0.2) is 0 Å². The predicted molar refractivity (Wildman–Crippen MR) is 98.5 cm³/mol. The zero-order valence-electron chi connectivity index (χ0n) is 16.2. The lowest BCUT2D eigenvalue weighted by molar-refractivity contribution is -0.0501. The van der Waals surface area contributed by atoms with Gasteiger partial charge in [-0.1, -0.05) is 19.1 Å². The fraction of sp³-hybridized carbons (Fsp3) is 0.278. The van der Waals surface area contributed by atoms with Gasteiger partial charge in [0.05, 0.1) is 6.54 Å². The van der Waals surface area contributed by atoms with E-state index in [4.69, 9.17) is 0 Å². The molecule has 2 atom stereocenters. The maximum Gasteiger partial charge on any atom is 0.534 e. The minimum Gasteiger partial charge on any atom is -0.382 e. The molecule has 14 heteroatoms. The van der Waals surface area contributed by atoms with Crippen LogP contribution in [0, 0.1) is 11.6 Å². The summed E-state index contributed by atoms with van der Waals surface area (Å²) in [7, 11) is -5.91. The second kappa shape index (κ2) is 8.43. The minimum absolute atomic E-state index is 0.188. The molecular formula is C18H15F5N4O4S. The van der Waals surface area contributed by atoms with Crippen LogP contribution in [0.5, 0.6) is 5.88 Å². The van der Waals surface area contributed by atoms with Crippen molar-refractivity contribution in [2.45, 2.75) is 30.5 Å². The number of aliphatic hydroxyl groups is 1. The van der Waals surface area contributed by atoms with Crippen LogP contribution in [-0.4, -0.2) is 38.8 Å². The highest BCUT2D eigenvalue weighted by molar-refractivity contribution is 7.87. The standard InChI is InChI=1S/C18H15F5N4O4S/c1-11(12-2-5-16(25-7-12)31-32(29,30)18(21,22)23)17(28,8-27-10-24-9-26-27)14-4-3-13(19)6-15(14)20/h2-7,9-11,28H,8H2,1H3. The number of pyridine rings is 1. The topological polar surface area (TPSA) is 107 Å². The van der Waals surface area contributed by atoms with Gasteiger partial charge in [-0.25, -0.2) is 23.4 Å². The normalized spacial score (nSPS) is 15.2. The first-order valence-corrected chi connectivity index (χ1v) is 10.2. The van der Waals surface area contributed by atoms with E-state index in [1.807, 2.05) is 0 Å². The van der Waals surface area contributed by atoms with Crippen molar-refractivity contribution in [2.75, 3.05) is 0 Å². The molecule has 0 amide bonds. The van der Waals surface area contributed by atoms with Gasteiger partial charge in [-0.3, -0.25) is 0 Å². The van der Waals surface area contributed by atoms with Crippen LogP contribution in [0.25, 0.3) is 0 Å². The number of hydrogen-bond acceptors (Lipinski definition) is 7. The number of halogens is 5. The number of alkyl halides is 3. The molecule has 0 aliphatic carbocycles. The van der Waals surface area contributed by atoms with Crippen LogP contribution in [0.15, 0.2) is 49.2 Å². The molecule has 32 heavy (non-hydrogen) atoms. The van der Waals surface area contributed by atoms with Gasteiger partial charge in [0.2, 0.25) is 5.88 Å². The summed E-state index contributed by atoms with van der Waals surface area (Å²) in [5, 5.41) is 15.3. The SMILES string of the molecule is CC(c1ccc(OS(=O)(=O)C(F)(F)F)nc1)C(O)(Cn1cncn1)c1ccc(F)cc1F. The molecule has 172 valence electrons. The third kappa shape index (κ3) is 4.70. The number of aromatic nitrogens is 4. The average Bonchev–Trinajstić information content (AvgIpc) is 3.19. The average molecular weight is 478 g/mol. The summed E-state index contributed by atoms with van der Waals surface area (Å²) >= 11 is 0. The van der Waals surface area contributed by atoms with E-state index in [1.54, 1.807) is 0 Å². The largest absolute Gasteiger partial charge is 0.534 e. The molecule has 1 aromatic carbocycles. The van der Waals surface area contributed by atoms with Crippen molar-refractivity contribution in [2.24, 2.45) is 0 Å². The van der Waals surface area contributed by atoms with E-state index in [1.165, 1.54) is 24.3 Å². The van der Waals surface area contributed by atoms with Crippen molar-refractivity contribution in [1.82, 2.24) is 19.7 Å². The number of nitrogens with zero attached hydrogens (tertiary/aromatic N) is 4. The summed E-state index contributed by atoms with van der Waals surface area (Å²) in [6.45, 7) is 1.14. The Bertz CT molecular complexity index is 1190. The second-order valence-electron chi connectivity index (χ2n) is 6.78. The van der Waals surface area contributed by atoms with Gasteiger partial charge in [-0.15, -0.1) is 0 Å². The molecule has 0 saturated heterocycles. The van der Waals surface area contributed by atoms with Crippen LogP contribution >= 0.6 is 0 Å². The van der Waals surface area contributed by atoms with E-state index < -0.39 is 44.7 Å². The lowest BCUT2D eigenvalue weighted by atomic mass is 9.78. The Morgan fingerprint density at radius 1 is 1.19 bits per heavy atom. The maximum atomic E-state index is 14.6. The Hall–Kier alpha value is -3.13. The zero-order chi connectivity index (χ0) is 23.7. The van der Waals surface area contributed by atoms with Crippen LogP contribution in [0.1, 0.15) is 24.0 Å². The zero-order valence-corrected chi connectivity index (χ0v) is 17.0. The molecule has 0 spiro atoms. The molecule has 3 rings (SSSR count). The first-order valence-electron chi connectivity index (χ1n) is 8.80. The van der Waals surface area contributed by atoms with Crippen molar-refractivity contribution in [3.05, 3.63) is 71.9 Å². The number of rotatable bonds is 7. The third-order valence-electron chi connectivity index (χ3n) is 4.72. The monoisotopic (exact) mass is 478 g/mol. The molecule has 0 saturated carbocycles. The van der Waals surface area contributed by atoms with Gasteiger partial charge >= 0.3 is 15.6 Å². The van der Waals surface area contributed by atoms with E-state index in [-0.39, 0.29) is 17.7 Å². The molecule has 3 aromatic rings. The molecule has 0 fully saturated rings. The van der Waals surface area contributed by atoms with Crippen LogP contribution in [0.2, 0.25) is 0 Å². The molecule has 1 N–H and O–H groups in total. The van der Waals surface area contributed by atoms with Gasteiger partial charge in [-0.05, 0) is 11.6 Å². The van der Waals surface area contributed by atoms with Crippen LogP contribution < -0.4 is 4.18 Å². The Morgan fingerprint density at radius 2 is 1.91 bits per heavy atom. The number of benzene rings is 1. The first kappa shape index (κ1) is 23.5. The highest BCUT2D eigenvalue weighted by atomic mass is 32.2. The molecular weight excluding hydrogens is 463 g/mol. The van der Waals surface area contributed by atoms with E-state index in [0.29, 0.717) is 6.07 Å². The first-order chi connectivity index (χ1) is 14.8. The molecule has 0 aliphatic heterocycles. The van der Waals surface area contributed by atoms with E-state index >= 15 is 0 Å². The third-order valence-corrected chi connectivity index (χ3v) is 5.68. The molecule has 0 bridgehead atoms. The van der Waals surface area contributed by atoms with Gasteiger partial charge in [0, 0.05) is 29.8 Å². The fourth-order valence-electron chi connectivity index (χ4n) is 2.99.